The maximum Gasteiger partial charge on any atom is 0.250 e. The Bertz CT molecular complexity index is 211. The smallest absolute Gasteiger partial charge is 0.250 e. The summed E-state index contributed by atoms with van der Waals surface area (Å²) < 4.78 is 10.7. The van der Waals surface area contributed by atoms with E-state index in [2.05, 4.69) is 10.6 Å². The fourth-order valence-corrected chi connectivity index (χ4v) is 1.88. The van der Waals surface area contributed by atoms with E-state index in [9.17, 15) is 4.79 Å². The highest BCUT2D eigenvalue weighted by Gasteiger charge is 2.24. The number of nitrogens with one attached hydrogen (secondary N) is 2. The molecule has 2 rings (SSSR count). The van der Waals surface area contributed by atoms with Crippen LogP contribution in [0.25, 0.3) is 0 Å². The van der Waals surface area contributed by atoms with Crippen molar-refractivity contribution in [3.8, 4) is 0 Å². The molecule has 86 valence electrons. The summed E-state index contributed by atoms with van der Waals surface area (Å²) in [6.07, 6.45) is 1.70. The van der Waals surface area contributed by atoms with Crippen LogP contribution in [0.5, 0.6) is 0 Å². The predicted octanol–water partition coefficient (Wildman–Crippen LogP) is -0.730. The molecule has 5 heteroatoms. The van der Waals surface area contributed by atoms with Crippen LogP contribution in [0.2, 0.25) is 0 Å². The first-order valence-electron chi connectivity index (χ1n) is 5.57. The van der Waals surface area contributed by atoms with Crippen molar-refractivity contribution in [1.29, 1.82) is 0 Å². The third kappa shape index (κ3) is 3.15. The molecule has 0 aliphatic carbocycles. The second-order valence-electron chi connectivity index (χ2n) is 3.99. The number of hydrogen-bond acceptors (Lipinski definition) is 4. The normalized spacial score (nSPS) is 32.3. The van der Waals surface area contributed by atoms with Gasteiger partial charge in [-0.1, -0.05) is 0 Å². The molecule has 2 aliphatic rings. The quantitative estimate of drug-likeness (QED) is 0.636. The van der Waals surface area contributed by atoms with Crippen molar-refractivity contribution < 1.29 is 14.3 Å². The maximum absolute atomic E-state index is 11.7. The Morgan fingerprint density at radius 1 is 1.40 bits per heavy atom. The van der Waals surface area contributed by atoms with Crippen LogP contribution in [0, 0.1) is 0 Å². The molecule has 0 aromatic rings. The second kappa shape index (κ2) is 5.44. The second-order valence-corrected chi connectivity index (χ2v) is 3.99. The van der Waals surface area contributed by atoms with Crippen LogP contribution in [0.4, 0.5) is 0 Å². The van der Waals surface area contributed by atoms with Gasteiger partial charge in [0.25, 0.3) is 5.91 Å². The monoisotopic (exact) mass is 214 g/mol. The lowest BCUT2D eigenvalue weighted by Gasteiger charge is -2.27. The molecular weight excluding hydrogens is 196 g/mol. The Kier molecular flexibility index (Phi) is 3.94. The molecule has 2 fully saturated rings. The fraction of sp³-hybridized carbons (Fsp3) is 0.900. The largest absolute Gasteiger partial charge is 0.379 e. The van der Waals surface area contributed by atoms with E-state index in [0.29, 0.717) is 19.8 Å². The van der Waals surface area contributed by atoms with E-state index in [-0.39, 0.29) is 18.1 Å². The van der Waals surface area contributed by atoms with Gasteiger partial charge < -0.3 is 20.1 Å². The van der Waals surface area contributed by atoms with Gasteiger partial charge in [0.15, 0.2) is 0 Å². The number of ether oxygens (including phenoxy) is 2. The van der Waals surface area contributed by atoms with Gasteiger partial charge in [0.05, 0.1) is 19.3 Å². The molecule has 0 spiro atoms. The Morgan fingerprint density at radius 2 is 2.33 bits per heavy atom. The molecule has 0 radical (unpaired) electrons. The number of amides is 1. The Hall–Kier alpha value is -0.650. The van der Waals surface area contributed by atoms with Gasteiger partial charge in [-0.2, -0.15) is 0 Å². The lowest BCUT2D eigenvalue weighted by Crippen LogP contribution is -2.51. The minimum Gasteiger partial charge on any atom is -0.379 e. The summed E-state index contributed by atoms with van der Waals surface area (Å²) in [5.74, 6) is -0.0160. The Balaban J connectivity index is 1.74. The molecule has 0 saturated carbocycles. The topological polar surface area (TPSA) is 59.6 Å². The zero-order valence-corrected chi connectivity index (χ0v) is 8.83. The minimum absolute atomic E-state index is 0.0160. The zero-order valence-electron chi connectivity index (χ0n) is 8.83. The van der Waals surface area contributed by atoms with Crippen molar-refractivity contribution in [2.75, 3.05) is 32.9 Å². The van der Waals surface area contributed by atoms with Crippen LogP contribution in [0.1, 0.15) is 12.8 Å². The summed E-state index contributed by atoms with van der Waals surface area (Å²) in [4.78, 5) is 11.7. The van der Waals surface area contributed by atoms with Gasteiger partial charge in [0.1, 0.15) is 6.10 Å². The van der Waals surface area contributed by atoms with Gasteiger partial charge in [0, 0.05) is 19.7 Å². The molecule has 15 heavy (non-hydrogen) atoms. The molecule has 0 aromatic carbocycles. The van der Waals surface area contributed by atoms with Gasteiger partial charge in [-0.3, -0.25) is 4.79 Å². The molecule has 1 amide bonds. The highest BCUT2D eigenvalue weighted by molar-refractivity contribution is 5.81. The van der Waals surface area contributed by atoms with Crippen LogP contribution >= 0.6 is 0 Å². The average Bonchev–Trinajstić information content (AvgIpc) is 2.31. The number of morpholine rings is 1. The van der Waals surface area contributed by atoms with Gasteiger partial charge in [-0.15, -0.1) is 0 Å². The van der Waals surface area contributed by atoms with Crippen molar-refractivity contribution in [1.82, 2.24) is 10.6 Å². The first-order chi connectivity index (χ1) is 7.36. The molecule has 2 atom stereocenters. The maximum atomic E-state index is 11.7. The van der Waals surface area contributed by atoms with Crippen LogP contribution in [-0.4, -0.2) is 51.0 Å². The summed E-state index contributed by atoms with van der Waals surface area (Å²) in [6.45, 7) is 3.49. The van der Waals surface area contributed by atoms with Crippen molar-refractivity contribution in [3.05, 3.63) is 0 Å². The highest BCUT2D eigenvalue weighted by atomic mass is 16.5. The summed E-state index contributed by atoms with van der Waals surface area (Å²) in [5.41, 5.74) is 0. The molecule has 2 heterocycles. The molecule has 2 saturated heterocycles. The van der Waals surface area contributed by atoms with Crippen molar-refractivity contribution in [2.45, 2.75) is 25.0 Å². The molecule has 1 unspecified atom stereocenters. The van der Waals surface area contributed by atoms with E-state index >= 15 is 0 Å². The third-order valence-electron chi connectivity index (χ3n) is 2.73. The van der Waals surface area contributed by atoms with Gasteiger partial charge in [-0.25, -0.2) is 0 Å². The first kappa shape index (κ1) is 10.9. The lowest BCUT2D eigenvalue weighted by atomic mass is 10.1. The summed E-state index contributed by atoms with van der Waals surface area (Å²) in [6, 6.07) is 0.164. The number of carbonyl (C=O) groups is 1. The summed E-state index contributed by atoms with van der Waals surface area (Å²) in [7, 11) is 0. The van der Waals surface area contributed by atoms with Crippen LogP contribution < -0.4 is 10.6 Å². The summed E-state index contributed by atoms with van der Waals surface area (Å²) >= 11 is 0. The molecule has 5 nitrogen and oxygen atoms in total. The van der Waals surface area contributed by atoms with Crippen molar-refractivity contribution in [2.24, 2.45) is 0 Å². The van der Waals surface area contributed by atoms with Gasteiger partial charge >= 0.3 is 0 Å². The van der Waals surface area contributed by atoms with E-state index in [1.807, 2.05) is 0 Å². The van der Waals surface area contributed by atoms with E-state index in [4.69, 9.17) is 9.47 Å². The molecule has 2 aliphatic heterocycles. The average molecular weight is 214 g/mol. The van der Waals surface area contributed by atoms with Crippen molar-refractivity contribution in [3.63, 3.8) is 0 Å². The summed E-state index contributed by atoms with van der Waals surface area (Å²) in [5, 5.41) is 6.10. The third-order valence-corrected chi connectivity index (χ3v) is 2.73. The lowest BCUT2D eigenvalue weighted by molar-refractivity contribution is -0.135. The van der Waals surface area contributed by atoms with E-state index in [1.165, 1.54) is 0 Å². The molecule has 0 aromatic heterocycles. The number of carbonyl (C=O) groups excluding carboxylic acids is 1. The van der Waals surface area contributed by atoms with E-state index < -0.39 is 0 Å². The number of rotatable bonds is 2. The standard InChI is InChI=1S/C10H18N2O3/c13-10(9-6-11-3-5-15-9)12-8-2-1-4-14-7-8/h8-9,11H,1-7H2,(H,12,13)/t8?,9-/m1/s1. The van der Waals surface area contributed by atoms with Crippen LogP contribution in [0.3, 0.4) is 0 Å². The van der Waals surface area contributed by atoms with E-state index in [1.54, 1.807) is 0 Å². The molecule has 2 N–H and O–H groups in total. The van der Waals surface area contributed by atoms with E-state index in [0.717, 1.165) is 26.0 Å². The Morgan fingerprint density at radius 3 is 3.00 bits per heavy atom. The molecular formula is C10H18N2O3. The highest BCUT2D eigenvalue weighted by Crippen LogP contribution is 2.06. The first-order valence-corrected chi connectivity index (χ1v) is 5.57. The molecule has 0 bridgehead atoms. The van der Waals surface area contributed by atoms with Crippen molar-refractivity contribution >= 4 is 5.91 Å². The minimum atomic E-state index is -0.333. The van der Waals surface area contributed by atoms with Crippen LogP contribution in [0.15, 0.2) is 0 Å². The predicted molar refractivity (Wildman–Crippen MR) is 54.6 cm³/mol. The fourth-order valence-electron chi connectivity index (χ4n) is 1.88. The van der Waals surface area contributed by atoms with Crippen LogP contribution in [-0.2, 0) is 14.3 Å². The SMILES string of the molecule is O=C(NC1CCCOC1)[C@H]1CNCCO1. The van der Waals surface area contributed by atoms with Gasteiger partial charge in [0.2, 0.25) is 0 Å². The Labute approximate surface area is 89.5 Å². The van der Waals surface area contributed by atoms with Gasteiger partial charge in [-0.05, 0) is 12.8 Å². The zero-order chi connectivity index (χ0) is 10.5. The number of hydrogen-bond donors (Lipinski definition) is 2.